The van der Waals surface area contributed by atoms with Crippen molar-refractivity contribution in [3.63, 3.8) is 0 Å². The van der Waals surface area contributed by atoms with Gasteiger partial charge < -0.3 is 10.4 Å². The molecule has 2 heterocycles. The molecule has 4 rings (SSSR count). The third-order valence-electron chi connectivity index (χ3n) is 6.66. The summed E-state index contributed by atoms with van der Waals surface area (Å²) in [6.07, 6.45) is 4.86. The minimum Gasteiger partial charge on any atom is -0.387 e. The van der Waals surface area contributed by atoms with Crippen molar-refractivity contribution in [1.82, 2.24) is 9.88 Å². The number of hydrogen-bond acceptors (Lipinski definition) is 4. The maximum atomic E-state index is 12.9. The maximum Gasteiger partial charge on any atom is 0.238 e. The number of likely N-dealkylation sites (tertiary alicyclic amines) is 1. The summed E-state index contributed by atoms with van der Waals surface area (Å²) in [5.41, 5.74) is 2.50. The molecule has 0 radical (unpaired) electrons. The molecule has 166 valence electrons. The molecule has 1 saturated heterocycles. The predicted octanol–water partition coefficient (Wildman–Crippen LogP) is 4.81. The summed E-state index contributed by atoms with van der Waals surface area (Å²) < 4.78 is 0. The van der Waals surface area contributed by atoms with E-state index in [4.69, 9.17) is 0 Å². The second kappa shape index (κ2) is 10.1. The Morgan fingerprint density at radius 3 is 2.72 bits per heavy atom. The summed E-state index contributed by atoms with van der Waals surface area (Å²) in [6.45, 7) is 7.15. The number of nitrogens with zero attached hydrogens (tertiary/aromatic N) is 2. The van der Waals surface area contributed by atoms with E-state index in [1.54, 1.807) is 6.20 Å². The fourth-order valence-electron chi connectivity index (χ4n) is 4.93. The van der Waals surface area contributed by atoms with Crippen LogP contribution in [-0.2, 0) is 4.79 Å². The molecule has 4 atom stereocenters. The molecule has 5 nitrogen and oxygen atoms in total. The first-order chi connectivity index (χ1) is 15.6. The van der Waals surface area contributed by atoms with Crippen LogP contribution in [0, 0.1) is 11.8 Å². The first kappa shape index (κ1) is 22.2. The number of carbonyl (C=O) groups is 1. The molecule has 5 heteroatoms. The molecule has 0 spiro atoms. The van der Waals surface area contributed by atoms with E-state index in [-0.39, 0.29) is 18.5 Å². The molecule has 0 aliphatic carbocycles. The zero-order chi connectivity index (χ0) is 22.5. The molecule has 2 aromatic carbocycles. The number of aromatic nitrogens is 1. The van der Waals surface area contributed by atoms with Gasteiger partial charge in [0.15, 0.2) is 0 Å². The number of carbonyl (C=O) groups excluding carboxylic acids is 1. The number of pyridine rings is 1. The molecule has 2 N–H and O–H groups in total. The van der Waals surface area contributed by atoms with Crippen LogP contribution in [-0.4, -0.2) is 40.0 Å². The number of amides is 1. The molecule has 0 saturated carbocycles. The lowest BCUT2D eigenvalue weighted by Gasteiger charge is -2.45. The Morgan fingerprint density at radius 2 is 1.97 bits per heavy atom. The van der Waals surface area contributed by atoms with Crippen LogP contribution in [0.1, 0.15) is 31.4 Å². The number of hydrogen-bond donors (Lipinski definition) is 2. The van der Waals surface area contributed by atoms with Crippen molar-refractivity contribution in [3.05, 3.63) is 85.1 Å². The van der Waals surface area contributed by atoms with E-state index in [1.165, 1.54) is 0 Å². The number of rotatable bonds is 7. The van der Waals surface area contributed by atoms with Gasteiger partial charge in [0.25, 0.3) is 0 Å². The summed E-state index contributed by atoms with van der Waals surface area (Å²) in [7, 11) is 0. The molecule has 32 heavy (non-hydrogen) atoms. The SMILES string of the molecule is C=CC1CN(CC(=O)Nc2ccccc2)C(C(O)c2ccnc3ccccc23)CC1CC. The van der Waals surface area contributed by atoms with E-state index in [2.05, 4.69) is 28.7 Å². The van der Waals surface area contributed by atoms with E-state index < -0.39 is 6.10 Å². The van der Waals surface area contributed by atoms with Crippen molar-refractivity contribution in [1.29, 1.82) is 0 Å². The van der Waals surface area contributed by atoms with E-state index >= 15 is 0 Å². The lowest BCUT2D eigenvalue weighted by molar-refractivity contribution is -0.120. The molecule has 3 aromatic rings. The Labute approximate surface area is 189 Å². The minimum atomic E-state index is -0.716. The number of fused-ring (bicyclic) bond motifs is 1. The quantitative estimate of drug-likeness (QED) is 0.529. The van der Waals surface area contributed by atoms with Gasteiger partial charge in [0, 0.05) is 29.9 Å². The Kier molecular flexibility index (Phi) is 6.98. The highest BCUT2D eigenvalue weighted by Crippen LogP contribution is 2.38. The summed E-state index contributed by atoms with van der Waals surface area (Å²) in [6, 6.07) is 19.1. The zero-order valence-electron chi connectivity index (χ0n) is 18.5. The van der Waals surface area contributed by atoms with Crippen molar-refractivity contribution in [2.45, 2.75) is 31.9 Å². The summed E-state index contributed by atoms with van der Waals surface area (Å²) in [5.74, 6) is 0.640. The molecule has 1 aliphatic heterocycles. The number of para-hydroxylation sites is 2. The van der Waals surface area contributed by atoms with Gasteiger partial charge in [-0.2, -0.15) is 0 Å². The van der Waals surface area contributed by atoms with Crippen LogP contribution in [0.5, 0.6) is 0 Å². The standard InChI is InChI=1S/C27H31N3O2/c1-3-19-16-25(27(32)23-14-15-28-24-13-9-8-12-22(23)24)30(17-20(19)4-2)18-26(31)29-21-10-6-5-7-11-21/h4-15,19-20,25,27,32H,2-3,16-18H2,1H3,(H,29,31). The minimum absolute atomic E-state index is 0.0780. The van der Waals surface area contributed by atoms with Gasteiger partial charge >= 0.3 is 0 Å². The fourth-order valence-corrected chi connectivity index (χ4v) is 4.93. The van der Waals surface area contributed by atoms with Gasteiger partial charge in [-0.3, -0.25) is 14.7 Å². The molecule has 1 amide bonds. The van der Waals surface area contributed by atoms with Gasteiger partial charge in [0.2, 0.25) is 5.91 Å². The normalized spacial score (nSPS) is 22.4. The molecule has 1 aliphatic rings. The number of anilines is 1. The van der Waals surface area contributed by atoms with E-state index in [0.717, 1.165) is 35.0 Å². The van der Waals surface area contributed by atoms with Crippen molar-refractivity contribution in [3.8, 4) is 0 Å². The zero-order valence-corrected chi connectivity index (χ0v) is 18.5. The lowest BCUT2D eigenvalue weighted by atomic mass is 9.77. The highest BCUT2D eigenvalue weighted by Gasteiger charge is 2.38. The first-order valence-electron chi connectivity index (χ1n) is 11.3. The average Bonchev–Trinajstić information content (AvgIpc) is 2.83. The van der Waals surface area contributed by atoms with Crippen LogP contribution in [0.15, 0.2) is 79.5 Å². The van der Waals surface area contributed by atoms with Gasteiger partial charge in [0.05, 0.1) is 18.2 Å². The van der Waals surface area contributed by atoms with Crippen molar-refractivity contribution >= 4 is 22.5 Å². The number of aliphatic hydroxyl groups is 1. The molecule has 1 fully saturated rings. The maximum absolute atomic E-state index is 12.9. The Morgan fingerprint density at radius 1 is 1.22 bits per heavy atom. The number of nitrogens with one attached hydrogen (secondary N) is 1. The van der Waals surface area contributed by atoms with Crippen LogP contribution in [0.3, 0.4) is 0 Å². The van der Waals surface area contributed by atoms with Crippen molar-refractivity contribution in [2.75, 3.05) is 18.4 Å². The first-order valence-corrected chi connectivity index (χ1v) is 11.3. The predicted molar refractivity (Wildman–Crippen MR) is 129 cm³/mol. The van der Waals surface area contributed by atoms with Crippen molar-refractivity contribution in [2.24, 2.45) is 11.8 Å². The second-order valence-corrected chi connectivity index (χ2v) is 8.58. The number of piperidine rings is 1. The second-order valence-electron chi connectivity index (χ2n) is 8.58. The highest BCUT2D eigenvalue weighted by molar-refractivity contribution is 5.92. The lowest BCUT2D eigenvalue weighted by Crippen LogP contribution is -2.52. The van der Waals surface area contributed by atoms with Gasteiger partial charge in [-0.25, -0.2) is 0 Å². The van der Waals surface area contributed by atoms with Crippen LogP contribution < -0.4 is 5.32 Å². The molecular formula is C27H31N3O2. The average molecular weight is 430 g/mol. The fraction of sp³-hybridized carbons (Fsp3) is 0.333. The topological polar surface area (TPSA) is 65.5 Å². The Balaban J connectivity index is 1.61. The molecule has 0 bridgehead atoms. The highest BCUT2D eigenvalue weighted by atomic mass is 16.3. The van der Waals surface area contributed by atoms with Gasteiger partial charge in [-0.15, -0.1) is 6.58 Å². The summed E-state index contributed by atoms with van der Waals surface area (Å²) in [5, 5.41) is 15.5. The van der Waals surface area contributed by atoms with Gasteiger partial charge in [-0.1, -0.05) is 55.8 Å². The summed E-state index contributed by atoms with van der Waals surface area (Å²) in [4.78, 5) is 19.4. The largest absolute Gasteiger partial charge is 0.387 e. The van der Waals surface area contributed by atoms with Crippen LogP contribution in [0.25, 0.3) is 10.9 Å². The third-order valence-corrected chi connectivity index (χ3v) is 6.66. The molecule has 4 unspecified atom stereocenters. The third kappa shape index (κ3) is 4.74. The van der Waals surface area contributed by atoms with Crippen LogP contribution in [0.2, 0.25) is 0 Å². The van der Waals surface area contributed by atoms with E-state index in [0.29, 0.717) is 18.4 Å². The Bertz CT molecular complexity index is 1060. The number of benzene rings is 2. The van der Waals surface area contributed by atoms with Crippen LogP contribution in [0.4, 0.5) is 5.69 Å². The molecular weight excluding hydrogens is 398 g/mol. The monoisotopic (exact) mass is 429 g/mol. The van der Waals surface area contributed by atoms with E-state index in [1.807, 2.05) is 66.7 Å². The van der Waals surface area contributed by atoms with Crippen LogP contribution >= 0.6 is 0 Å². The molecule has 1 aromatic heterocycles. The Hall–Kier alpha value is -3.02. The van der Waals surface area contributed by atoms with Gasteiger partial charge in [0.1, 0.15) is 0 Å². The smallest absolute Gasteiger partial charge is 0.238 e. The van der Waals surface area contributed by atoms with Crippen molar-refractivity contribution < 1.29 is 9.90 Å². The van der Waals surface area contributed by atoms with Gasteiger partial charge in [-0.05, 0) is 48.1 Å². The summed E-state index contributed by atoms with van der Waals surface area (Å²) >= 11 is 0. The van der Waals surface area contributed by atoms with E-state index in [9.17, 15) is 9.90 Å². The number of aliphatic hydroxyl groups excluding tert-OH is 1.